The molecule has 1 aromatic heterocycles. The van der Waals surface area contributed by atoms with Crippen LogP contribution in [0.2, 0.25) is 0 Å². The number of benzene rings is 1. The van der Waals surface area contributed by atoms with Gasteiger partial charge >= 0.3 is 5.69 Å². The van der Waals surface area contributed by atoms with E-state index in [0.29, 0.717) is 18.7 Å². The number of amides is 1. The normalized spacial score (nSPS) is 11.0. The largest absolute Gasteiger partial charge is 0.383 e. The maximum Gasteiger partial charge on any atom is 0.330 e. The molecule has 0 fully saturated rings. The molecule has 0 saturated heterocycles. The molecular weight excluding hydrogens is 344 g/mol. The minimum absolute atomic E-state index is 0.0262. The first kappa shape index (κ1) is 20.5. The molecule has 0 atom stereocenters. The number of aromatic nitrogens is 2. The third kappa shape index (κ3) is 4.67. The summed E-state index contributed by atoms with van der Waals surface area (Å²) in [6, 6.07) is 7.14. The van der Waals surface area contributed by atoms with Crippen LogP contribution < -0.4 is 21.9 Å². The van der Waals surface area contributed by atoms with E-state index in [2.05, 4.69) is 4.98 Å². The van der Waals surface area contributed by atoms with E-state index in [1.165, 1.54) is 9.47 Å². The number of hydrogen-bond donors (Lipinski definition) is 2. The van der Waals surface area contributed by atoms with Crippen molar-refractivity contribution in [3.05, 3.63) is 56.2 Å². The van der Waals surface area contributed by atoms with Crippen LogP contribution >= 0.6 is 0 Å². The third-order valence-electron chi connectivity index (χ3n) is 4.31. The number of nitrogen functional groups attached to an aromatic ring is 1. The number of anilines is 2. The first-order valence-corrected chi connectivity index (χ1v) is 9.27. The van der Waals surface area contributed by atoms with Crippen LogP contribution in [0.25, 0.3) is 0 Å². The zero-order valence-corrected chi connectivity index (χ0v) is 16.4. The maximum absolute atomic E-state index is 13.1. The molecule has 1 heterocycles. The zero-order chi connectivity index (χ0) is 20.1. The van der Waals surface area contributed by atoms with Crippen molar-refractivity contribution in [2.24, 2.45) is 5.92 Å². The summed E-state index contributed by atoms with van der Waals surface area (Å²) >= 11 is 0. The van der Waals surface area contributed by atoms with Gasteiger partial charge in [-0.05, 0) is 31.4 Å². The summed E-state index contributed by atoms with van der Waals surface area (Å²) in [6.45, 7) is 8.54. The summed E-state index contributed by atoms with van der Waals surface area (Å²) < 4.78 is 1.33. The Bertz CT molecular complexity index is 910. The molecule has 1 aromatic carbocycles. The number of H-pyrrole nitrogens is 1. The Morgan fingerprint density at radius 3 is 2.41 bits per heavy atom. The molecule has 0 saturated carbocycles. The van der Waals surface area contributed by atoms with E-state index in [1.54, 1.807) is 12.1 Å². The highest BCUT2D eigenvalue weighted by Gasteiger charge is 2.25. The van der Waals surface area contributed by atoms with Crippen LogP contribution in [0.4, 0.5) is 11.5 Å². The first-order valence-electron chi connectivity index (χ1n) is 9.27. The topological polar surface area (TPSA) is 101 Å². The lowest BCUT2D eigenvalue weighted by molar-refractivity contribution is 0.0983. The Morgan fingerprint density at radius 2 is 1.85 bits per heavy atom. The van der Waals surface area contributed by atoms with Crippen LogP contribution in [0.5, 0.6) is 0 Å². The number of nitrogens with two attached hydrogens (primary N) is 1. The summed E-state index contributed by atoms with van der Waals surface area (Å²) in [7, 11) is 0. The van der Waals surface area contributed by atoms with Crippen molar-refractivity contribution in [1.29, 1.82) is 0 Å². The Balaban J connectivity index is 2.59. The number of hydrogen-bond acceptors (Lipinski definition) is 4. The smallest absolute Gasteiger partial charge is 0.330 e. The highest BCUT2D eigenvalue weighted by Crippen LogP contribution is 2.21. The van der Waals surface area contributed by atoms with E-state index in [4.69, 9.17) is 5.73 Å². The van der Waals surface area contributed by atoms with Crippen molar-refractivity contribution in [2.45, 2.75) is 47.1 Å². The van der Waals surface area contributed by atoms with Crippen molar-refractivity contribution in [3.63, 3.8) is 0 Å². The fraction of sp³-hybridized carbons (Fsp3) is 0.450. The van der Waals surface area contributed by atoms with Gasteiger partial charge in [0.25, 0.3) is 11.5 Å². The lowest BCUT2D eigenvalue weighted by Crippen LogP contribution is -2.42. The van der Waals surface area contributed by atoms with E-state index in [1.807, 2.05) is 39.8 Å². The van der Waals surface area contributed by atoms with Crippen molar-refractivity contribution >= 4 is 17.4 Å². The second kappa shape index (κ2) is 8.70. The molecular formula is C20H28N4O3. The van der Waals surface area contributed by atoms with Gasteiger partial charge in [-0.2, -0.15) is 0 Å². The minimum Gasteiger partial charge on any atom is -0.383 e. The molecule has 1 amide bonds. The Kier molecular flexibility index (Phi) is 6.60. The second-order valence-electron chi connectivity index (χ2n) is 7.17. The molecule has 146 valence electrons. The molecule has 7 nitrogen and oxygen atoms in total. The van der Waals surface area contributed by atoms with Gasteiger partial charge in [-0.25, -0.2) is 4.79 Å². The first-order chi connectivity index (χ1) is 12.8. The van der Waals surface area contributed by atoms with Gasteiger partial charge in [0.1, 0.15) is 5.82 Å². The summed E-state index contributed by atoms with van der Waals surface area (Å²) in [5.74, 6) is -0.186. The number of carbonyl (C=O) groups excluding carboxylic acids is 1. The molecule has 7 heteroatoms. The fourth-order valence-electron chi connectivity index (χ4n) is 2.87. The molecule has 0 aliphatic rings. The molecule has 0 aliphatic carbocycles. The summed E-state index contributed by atoms with van der Waals surface area (Å²) in [5, 5.41) is 0. The maximum atomic E-state index is 13.1. The van der Waals surface area contributed by atoms with Crippen LogP contribution in [-0.2, 0) is 6.54 Å². The van der Waals surface area contributed by atoms with Crippen molar-refractivity contribution in [2.75, 3.05) is 17.2 Å². The molecule has 0 bridgehead atoms. The van der Waals surface area contributed by atoms with Crippen molar-refractivity contribution in [1.82, 2.24) is 9.55 Å². The summed E-state index contributed by atoms with van der Waals surface area (Å²) in [5.41, 5.74) is 6.52. The lowest BCUT2D eigenvalue weighted by atomic mass is 10.1. The average Bonchev–Trinajstić information content (AvgIpc) is 2.60. The van der Waals surface area contributed by atoms with Gasteiger partial charge in [0.2, 0.25) is 0 Å². The quantitative estimate of drug-likeness (QED) is 0.780. The van der Waals surface area contributed by atoms with Crippen LogP contribution in [0.15, 0.2) is 33.9 Å². The third-order valence-corrected chi connectivity index (χ3v) is 4.31. The van der Waals surface area contributed by atoms with Gasteiger partial charge in [0, 0.05) is 18.7 Å². The molecule has 0 radical (unpaired) electrons. The van der Waals surface area contributed by atoms with E-state index in [0.717, 1.165) is 18.4 Å². The SMILES string of the molecule is CCCCn1c(N)c(N(CC(C)C)C(=O)c2ccc(C)cc2)c(=O)[nH]c1=O. The highest BCUT2D eigenvalue weighted by atomic mass is 16.2. The number of rotatable bonds is 7. The highest BCUT2D eigenvalue weighted by molar-refractivity contribution is 6.07. The number of aromatic amines is 1. The number of carbonyl (C=O) groups is 1. The zero-order valence-electron chi connectivity index (χ0n) is 16.4. The fourth-order valence-corrected chi connectivity index (χ4v) is 2.87. The van der Waals surface area contributed by atoms with Crippen molar-refractivity contribution < 1.29 is 4.79 Å². The van der Waals surface area contributed by atoms with E-state index >= 15 is 0 Å². The molecule has 27 heavy (non-hydrogen) atoms. The second-order valence-corrected chi connectivity index (χ2v) is 7.17. The van der Waals surface area contributed by atoms with E-state index < -0.39 is 11.2 Å². The van der Waals surface area contributed by atoms with Gasteiger partial charge in [0.05, 0.1) is 0 Å². The predicted molar refractivity (Wildman–Crippen MR) is 108 cm³/mol. The molecule has 0 unspecified atom stereocenters. The molecule has 2 rings (SSSR count). The van der Waals surface area contributed by atoms with Crippen LogP contribution in [0.1, 0.15) is 49.5 Å². The summed E-state index contributed by atoms with van der Waals surface area (Å²) in [6.07, 6.45) is 1.62. The van der Waals surface area contributed by atoms with Crippen LogP contribution in [-0.4, -0.2) is 22.0 Å². The van der Waals surface area contributed by atoms with Gasteiger partial charge in [0.15, 0.2) is 5.69 Å². The predicted octanol–water partition coefficient (Wildman–Crippen LogP) is 2.53. The minimum atomic E-state index is -0.647. The number of nitrogens with zero attached hydrogens (tertiary/aromatic N) is 2. The monoisotopic (exact) mass is 372 g/mol. The van der Waals surface area contributed by atoms with Gasteiger partial charge < -0.3 is 10.6 Å². The van der Waals surface area contributed by atoms with Crippen LogP contribution in [0, 0.1) is 12.8 Å². The van der Waals surface area contributed by atoms with E-state index in [-0.39, 0.29) is 23.3 Å². The van der Waals surface area contributed by atoms with Gasteiger partial charge in [-0.1, -0.05) is 44.9 Å². The van der Waals surface area contributed by atoms with Crippen LogP contribution in [0.3, 0.4) is 0 Å². The number of nitrogens with one attached hydrogen (secondary N) is 1. The Morgan fingerprint density at radius 1 is 1.22 bits per heavy atom. The molecule has 0 aliphatic heterocycles. The molecule has 0 spiro atoms. The standard InChI is InChI=1S/C20H28N4O3/c1-5-6-11-23-17(21)16(18(25)22-20(23)27)24(12-13(2)3)19(26)15-9-7-14(4)8-10-15/h7-10,13H,5-6,11-12,21H2,1-4H3,(H,22,25,27). The van der Waals surface area contributed by atoms with Crippen molar-refractivity contribution in [3.8, 4) is 0 Å². The number of aryl methyl sites for hydroxylation is 1. The average molecular weight is 372 g/mol. The van der Waals surface area contributed by atoms with E-state index in [9.17, 15) is 14.4 Å². The number of unbranched alkanes of at least 4 members (excludes halogenated alkanes) is 1. The lowest BCUT2D eigenvalue weighted by Gasteiger charge is -2.26. The Labute approximate surface area is 158 Å². The summed E-state index contributed by atoms with van der Waals surface area (Å²) in [4.78, 5) is 41.5. The molecule has 3 N–H and O–H groups in total. The van der Waals surface area contributed by atoms with Gasteiger partial charge in [-0.15, -0.1) is 0 Å². The Hall–Kier alpha value is -2.83. The molecule has 2 aromatic rings. The van der Waals surface area contributed by atoms with Gasteiger partial charge in [-0.3, -0.25) is 19.1 Å².